The van der Waals surface area contributed by atoms with Gasteiger partial charge in [0.1, 0.15) is 0 Å². The zero-order valence-corrected chi connectivity index (χ0v) is 12.9. The normalized spacial score (nSPS) is 11.0. The number of thiophene rings is 1. The first kappa shape index (κ1) is 15.9. The van der Waals surface area contributed by atoms with Crippen LogP contribution in [0.1, 0.15) is 28.6 Å². The van der Waals surface area contributed by atoms with Gasteiger partial charge in [0.15, 0.2) is 0 Å². The number of nitrogens with one attached hydrogen (secondary N) is 1. The fourth-order valence-electron chi connectivity index (χ4n) is 2.03. The molecule has 6 heteroatoms. The van der Waals surface area contributed by atoms with Gasteiger partial charge in [-0.15, -0.1) is 11.3 Å². The summed E-state index contributed by atoms with van der Waals surface area (Å²) in [4.78, 5) is 12.5. The molecule has 1 aromatic heterocycles. The van der Waals surface area contributed by atoms with E-state index < -0.39 is 0 Å². The molecule has 1 amide bonds. The molecule has 114 valence electrons. The van der Waals surface area contributed by atoms with Gasteiger partial charge in [0, 0.05) is 16.9 Å². The monoisotopic (exact) mass is 308 g/mol. The van der Waals surface area contributed by atoms with E-state index >= 15 is 0 Å². The Balaban J connectivity index is 2.07. The lowest BCUT2D eigenvalue weighted by Gasteiger charge is -2.06. The summed E-state index contributed by atoms with van der Waals surface area (Å²) in [6, 6.07) is 7.88. The molecule has 0 radical (unpaired) electrons. The van der Waals surface area contributed by atoms with Crippen molar-refractivity contribution in [2.75, 3.05) is 19.8 Å². The number of hydrogen-bond donors (Lipinski definition) is 2. The Hall–Kier alpha value is -1.47. The number of hydrazine groups is 1. The number of carbonyl (C=O) groups excluding carboxylic acids is 1. The average molecular weight is 308 g/mol. The molecule has 0 unspecified atom stereocenters. The molecule has 0 atom stereocenters. The summed E-state index contributed by atoms with van der Waals surface area (Å²) in [6.07, 6.45) is 0.996. The molecule has 0 saturated heterocycles. The van der Waals surface area contributed by atoms with E-state index in [0.717, 1.165) is 28.7 Å². The summed E-state index contributed by atoms with van der Waals surface area (Å²) in [5.74, 6) is 4.97. The lowest BCUT2D eigenvalue weighted by molar-refractivity contribution is 0.0410. The summed E-state index contributed by atoms with van der Waals surface area (Å²) < 4.78 is 12.0. The number of hydrogen-bond acceptors (Lipinski definition) is 5. The summed E-state index contributed by atoms with van der Waals surface area (Å²) >= 11 is 1.43. The van der Waals surface area contributed by atoms with Gasteiger partial charge in [-0.05, 0) is 17.9 Å². The summed E-state index contributed by atoms with van der Waals surface area (Å²) in [5, 5.41) is 1.04. The number of fused-ring (bicyclic) bond motifs is 1. The van der Waals surface area contributed by atoms with Crippen LogP contribution in [0.25, 0.3) is 10.1 Å². The van der Waals surface area contributed by atoms with E-state index in [-0.39, 0.29) is 5.91 Å². The van der Waals surface area contributed by atoms with Gasteiger partial charge in [-0.1, -0.05) is 25.1 Å². The molecule has 0 aliphatic rings. The molecule has 0 bridgehead atoms. The molecule has 1 aromatic carbocycles. The molecule has 0 spiro atoms. The molecular weight excluding hydrogens is 288 g/mol. The Bertz CT molecular complexity index is 598. The van der Waals surface area contributed by atoms with Crippen LogP contribution in [0.2, 0.25) is 0 Å². The predicted octanol–water partition coefficient (Wildman–Crippen LogP) is 2.45. The minimum atomic E-state index is -0.281. The number of carbonyl (C=O) groups is 1. The molecule has 0 aliphatic carbocycles. The van der Waals surface area contributed by atoms with Crippen molar-refractivity contribution in [1.82, 2.24) is 5.43 Å². The standard InChI is InChI=1S/C15H20N2O3S/c1-2-7-19-8-9-20-10-12-11-5-3-4-6-13(11)21-14(12)15(18)17-16/h3-6H,2,7-10,16H2,1H3,(H,17,18). The van der Waals surface area contributed by atoms with E-state index in [4.69, 9.17) is 15.3 Å². The molecule has 0 aliphatic heterocycles. The molecule has 2 aromatic rings. The third-order valence-electron chi connectivity index (χ3n) is 3.00. The molecule has 2 rings (SSSR count). The molecular formula is C15H20N2O3S. The van der Waals surface area contributed by atoms with Crippen molar-refractivity contribution < 1.29 is 14.3 Å². The highest BCUT2D eigenvalue weighted by Gasteiger charge is 2.17. The smallest absolute Gasteiger partial charge is 0.275 e. The first-order valence-corrected chi connectivity index (χ1v) is 7.76. The Morgan fingerprint density at radius 3 is 2.76 bits per heavy atom. The van der Waals surface area contributed by atoms with Crippen molar-refractivity contribution in [2.45, 2.75) is 20.0 Å². The number of ether oxygens (including phenoxy) is 2. The van der Waals surface area contributed by atoms with E-state index in [9.17, 15) is 4.79 Å². The summed E-state index contributed by atoms with van der Waals surface area (Å²) in [6.45, 7) is 4.26. The van der Waals surface area contributed by atoms with Gasteiger partial charge >= 0.3 is 0 Å². The Kier molecular flexibility index (Phi) is 6.13. The van der Waals surface area contributed by atoms with Crippen molar-refractivity contribution in [3.8, 4) is 0 Å². The summed E-state index contributed by atoms with van der Waals surface area (Å²) in [7, 11) is 0. The van der Waals surface area contributed by atoms with Crippen molar-refractivity contribution in [2.24, 2.45) is 5.84 Å². The Labute approximate surface area is 128 Å². The third-order valence-corrected chi connectivity index (χ3v) is 4.21. The van der Waals surface area contributed by atoms with Crippen LogP contribution in [0.4, 0.5) is 0 Å². The van der Waals surface area contributed by atoms with E-state index in [0.29, 0.717) is 24.7 Å². The third kappa shape index (κ3) is 4.01. The maximum Gasteiger partial charge on any atom is 0.275 e. The molecule has 5 nitrogen and oxygen atoms in total. The van der Waals surface area contributed by atoms with Gasteiger partial charge in [0.2, 0.25) is 0 Å². The first-order valence-electron chi connectivity index (χ1n) is 6.94. The summed E-state index contributed by atoms with van der Waals surface area (Å²) in [5.41, 5.74) is 3.08. The maximum atomic E-state index is 11.9. The number of nitrogen functional groups attached to an aromatic ring is 1. The van der Waals surface area contributed by atoms with Crippen LogP contribution in [-0.2, 0) is 16.1 Å². The van der Waals surface area contributed by atoms with Gasteiger partial charge in [0.25, 0.3) is 5.91 Å². The van der Waals surface area contributed by atoms with Crippen LogP contribution in [-0.4, -0.2) is 25.7 Å². The maximum absolute atomic E-state index is 11.9. The SMILES string of the molecule is CCCOCCOCc1c(C(=O)NN)sc2ccccc12. The van der Waals surface area contributed by atoms with Gasteiger partial charge in [0.05, 0.1) is 24.7 Å². The van der Waals surface area contributed by atoms with Gasteiger partial charge in [-0.25, -0.2) is 5.84 Å². The van der Waals surface area contributed by atoms with Gasteiger partial charge < -0.3 is 9.47 Å². The van der Waals surface area contributed by atoms with E-state index in [1.54, 1.807) is 0 Å². The molecule has 3 N–H and O–H groups in total. The van der Waals surface area contributed by atoms with Gasteiger partial charge in [-0.3, -0.25) is 10.2 Å². The van der Waals surface area contributed by atoms with E-state index in [2.05, 4.69) is 12.3 Å². The zero-order valence-electron chi connectivity index (χ0n) is 12.1. The van der Waals surface area contributed by atoms with Gasteiger partial charge in [-0.2, -0.15) is 0 Å². The number of benzene rings is 1. The van der Waals surface area contributed by atoms with Crippen LogP contribution in [0.5, 0.6) is 0 Å². The largest absolute Gasteiger partial charge is 0.379 e. The lowest BCUT2D eigenvalue weighted by atomic mass is 10.1. The predicted molar refractivity (Wildman–Crippen MR) is 84.2 cm³/mol. The topological polar surface area (TPSA) is 73.6 Å². The highest BCUT2D eigenvalue weighted by atomic mass is 32.1. The van der Waals surface area contributed by atoms with Crippen molar-refractivity contribution in [3.05, 3.63) is 34.7 Å². The van der Waals surface area contributed by atoms with Crippen LogP contribution < -0.4 is 11.3 Å². The average Bonchev–Trinajstić information content (AvgIpc) is 2.89. The van der Waals surface area contributed by atoms with Crippen LogP contribution in [0, 0.1) is 0 Å². The molecule has 0 saturated carbocycles. The highest BCUT2D eigenvalue weighted by molar-refractivity contribution is 7.21. The zero-order chi connectivity index (χ0) is 15.1. The second kappa shape index (κ2) is 8.09. The van der Waals surface area contributed by atoms with Crippen molar-refractivity contribution in [1.29, 1.82) is 0 Å². The second-order valence-electron chi connectivity index (χ2n) is 4.54. The van der Waals surface area contributed by atoms with Crippen LogP contribution >= 0.6 is 11.3 Å². The van der Waals surface area contributed by atoms with E-state index in [1.807, 2.05) is 24.3 Å². The van der Waals surface area contributed by atoms with Crippen LogP contribution in [0.15, 0.2) is 24.3 Å². The molecule has 21 heavy (non-hydrogen) atoms. The number of amides is 1. The highest BCUT2D eigenvalue weighted by Crippen LogP contribution is 2.31. The fraction of sp³-hybridized carbons (Fsp3) is 0.400. The lowest BCUT2D eigenvalue weighted by Crippen LogP contribution is -2.30. The van der Waals surface area contributed by atoms with Crippen molar-refractivity contribution >= 4 is 27.3 Å². The number of nitrogens with two attached hydrogens (primary N) is 1. The minimum Gasteiger partial charge on any atom is -0.379 e. The minimum absolute atomic E-state index is 0.281. The molecule has 0 fully saturated rings. The Morgan fingerprint density at radius 1 is 1.24 bits per heavy atom. The number of rotatable bonds is 8. The first-order chi connectivity index (χ1) is 10.3. The molecule has 1 heterocycles. The van der Waals surface area contributed by atoms with Crippen molar-refractivity contribution in [3.63, 3.8) is 0 Å². The Morgan fingerprint density at radius 2 is 2.00 bits per heavy atom. The van der Waals surface area contributed by atoms with Crippen LogP contribution in [0.3, 0.4) is 0 Å². The second-order valence-corrected chi connectivity index (χ2v) is 5.60. The van der Waals surface area contributed by atoms with E-state index in [1.165, 1.54) is 11.3 Å². The quantitative estimate of drug-likeness (QED) is 0.340. The fourth-order valence-corrected chi connectivity index (χ4v) is 3.14.